The summed E-state index contributed by atoms with van der Waals surface area (Å²) in [6, 6.07) is 12.0. The Bertz CT molecular complexity index is 791. The van der Waals surface area contributed by atoms with Crippen LogP contribution in [-0.4, -0.2) is 9.55 Å². The topological polar surface area (TPSA) is 17.8 Å². The number of hydrogen-bond acceptors (Lipinski definition) is 1. The Hall–Kier alpha value is -1.51. The summed E-state index contributed by atoms with van der Waals surface area (Å²) in [5.74, 6) is 1.20. The molecule has 0 N–H and O–H groups in total. The largest absolute Gasteiger partial charge is 0.295 e. The van der Waals surface area contributed by atoms with Crippen molar-refractivity contribution in [2.75, 3.05) is 0 Å². The number of rotatable bonds is 2. The monoisotopic (exact) mass is 304 g/mol. The van der Waals surface area contributed by atoms with Crippen molar-refractivity contribution in [3.63, 3.8) is 0 Å². The predicted molar refractivity (Wildman–Crippen MR) is 85.1 cm³/mol. The van der Waals surface area contributed by atoms with Crippen LogP contribution >= 0.6 is 23.2 Å². The van der Waals surface area contributed by atoms with Crippen LogP contribution < -0.4 is 0 Å². The molecule has 4 heteroatoms. The molecular weight excluding hydrogens is 291 g/mol. The lowest BCUT2D eigenvalue weighted by Crippen LogP contribution is -2.01. The second-order valence-corrected chi connectivity index (χ2v) is 5.57. The molecule has 1 heterocycles. The number of nitrogens with zero attached hydrogens (tertiary/aromatic N) is 2. The van der Waals surface area contributed by atoms with Gasteiger partial charge in [-0.1, -0.05) is 29.8 Å². The second kappa shape index (κ2) is 5.12. The zero-order valence-electron chi connectivity index (χ0n) is 11.3. The quantitative estimate of drug-likeness (QED) is 0.607. The van der Waals surface area contributed by atoms with Gasteiger partial charge in [-0.05, 0) is 43.2 Å². The van der Waals surface area contributed by atoms with E-state index in [1.807, 2.05) is 24.3 Å². The highest BCUT2D eigenvalue weighted by Gasteiger charge is 2.14. The molecule has 0 fully saturated rings. The van der Waals surface area contributed by atoms with E-state index in [0.717, 1.165) is 33.7 Å². The molecule has 1 aromatic heterocycles. The molecule has 102 valence electrons. The summed E-state index contributed by atoms with van der Waals surface area (Å²) in [7, 11) is 0. The van der Waals surface area contributed by atoms with Crippen molar-refractivity contribution in [2.24, 2.45) is 0 Å². The SMILES string of the molecule is Cc1ccc(Cl)cc1-n1c(CCl)nc2c(C)cccc21. The lowest BCUT2D eigenvalue weighted by atomic mass is 10.1. The summed E-state index contributed by atoms with van der Waals surface area (Å²) in [4.78, 5) is 4.67. The van der Waals surface area contributed by atoms with Crippen LogP contribution in [0.4, 0.5) is 0 Å². The van der Waals surface area contributed by atoms with Crippen LogP contribution in [0.2, 0.25) is 5.02 Å². The zero-order chi connectivity index (χ0) is 14.3. The van der Waals surface area contributed by atoms with E-state index in [0.29, 0.717) is 10.9 Å². The third-order valence-corrected chi connectivity index (χ3v) is 3.96. The van der Waals surface area contributed by atoms with Gasteiger partial charge >= 0.3 is 0 Å². The molecule has 20 heavy (non-hydrogen) atoms. The minimum Gasteiger partial charge on any atom is -0.295 e. The molecule has 3 aromatic rings. The van der Waals surface area contributed by atoms with Crippen LogP contribution in [0.5, 0.6) is 0 Å². The Morgan fingerprint density at radius 3 is 2.65 bits per heavy atom. The molecule has 0 amide bonds. The third kappa shape index (κ3) is 2.09. The highest BCUT2D eigenvalue weighted by Crippen LogP contribution is 2.28. The first-order valence-electron chi connectivity index (χ1n) is 6.41. The van der Waals surface area contributed by atoms with Crippen molar-refractivity contribution < 1.29 is 0 Å². The highest BCUT2D eigenvalue weighted by molar-refractivity contribution is 6.30. The molecule has 0 spiro atoms. The fourth-order valence-corrected chi connectivity index (χ4v) is 2.81. The zero-order valence-corrected chi connectivity index (χ0v) is 12.8. The molecule has 0 saturated heterocycles. The van der Waals surface area contributed by atoms with E-state index >= 15 is 0 Å². The maximum atomic E-state index is 6.14. The molecule has 0 aliphatic heterocycles. The van der Waals surface area contributed by atoms with Crippen LogP contribution in [0, 0.1) is 13.8 Å². The van der Waals surface area contributed by atoms with Crippen molar-refractivity contribution >= 4 is 34.2 Å². The van der Waals surface area contributed by atoms with Gasteiger partial charge in [0.25, 0.3) is 0 Å². The van der Waals surface area contributed by atoms with Crippen LogP contribution in [0.1, 0.15) is 17.0 Å². The lowest BCUT2D eigenvalue weighted by molar-refractivity contribution is 0.972. The maximum Gasteiger partial charge on any atom is 0.129 e. The van der Waals surface area contributed by atoms with Gasteiger partial charge in [-0.25, -0.2) is 4.98 Å². The number of halogens is 2. The molecule has 2 aromatic carbocycles. The summed E-state index contributed by atoms with van der Waals surface area (Å²) >= 11 is 12.2. The summed E-state index contributed by atoms with van der Waals surface area (Å²) in [5, 5.41) is 0.709. The minimum atomic E-state index is 0.361. The van der Waals surface area contributed by atoms with Gasteiger partial charge < -0.3 is 0 Å². The number of alkyl halides is 1. The number of aromatic nitrogens is 2. The summed E-state index contributed by atoms with van der Waals surface area (Å²) in [6.07, 6.45) is 0. The Morgan fingerprint density at radius 1 is 1.10 bits per heavy atom. The first-order valence-corrected chi connectivity index (χ1v) is 7.32. The number of hydrogen-bond donors (Lipinski definition) is 0. The van der Waals surface area contributed by atoms with Gasteiger partial charge in [-0.3, -0.25) is 4.57 Å². The van der Waals surface area contributed by atoms with E-state index in [-0.39, 0.29) is 0 Å². The van der Waals surface area contributed by atoms with E-state index < -0.39 is 0 Å². The van der Waals surface area contributed by atoms with Crippen molar-refractivity contribution in [1.29, 1.82) is 0 Å². The van der Waals surface area contributed by atoms with Crippen molar-refractivity contribution in [3.05, 3.63) is 58.4 Å². The van der Waals surface area contributed by atoms with Gasteiger partial charge in [0.15, 0.2) is 0 Å². The van der Waals surface area contributed by atoms with E-state index in [9.17, 15) is 0 Å². The number of para-hydroxylation sites is 1. The second-order valence-electron chi connectivity index (χ2n) is 4.87. The third-order valence-electron chi connectivity index (χ3n) is 3.49. The van der Waals surface area contributed by atoms with Gasteiger partial charge in [0.1, 0.15) is 5.82 Å². The molecule has 0 aliphatic rings. The first-order chi connectivity index (χ1) is 9.61. The number of benzene rings is 2. The first kappa shape index (κ1) is 13.5. The molecule has 0 unspecified atom stereocenters. The standard InChI is InChI=1S/C16H14Cl2N2/c1-10-6-7-12(18)8-14(10)20-13-5-3-4-11(2)16(13)19-15(20)9-17/h3-8H,9H2,1-2H3. The Kier molecular flexibility index (Phi) is 3.45. The average molecular weight is 305 g/mol. The summed E-state index contributed by atoms with van der Waals surface area (Å²) in [5.41, 5.74) is 5.36. The predicted octanol–water partition coefficient (Wildman–Crippen LogP) is 5.03. The molecule has 0 atom stereocenters. The van der Waals surface area contributed by atoms with Crippen molar-refractivity contribution in [1.82, 2.24) is 9.55 Å². The van der Waals surface area contributed by atoms with Crippen LogP contribution in [-0.2, 0) is 5.88 Å². The Morgan fingerprint density at radius 2 is 1.90 bits per heavy atom. The number of fused-ring (bicyclic) bond motifs is 1. The number of aryl methyl sites for hydroxylation is 2. The molecule has 0 radical (unpaired) electrons. The highest BCUT2D eigenvalue weighted by atomic mass is 35.5. The normalized spacial score (nSPS) is 11.2. The van der Waals surface area contributed by atoms with E-state index in [2.05, 4.69) is 35.5 Å². The molecular formula is C16H14Cl2N2. The van der Waals surface area contributed by atoms with Crippen LogP contribution in [0.15, 0.2) is 36.4 Å². The van der Waals surface area contributed by atoms with E-state index in [4.69, 9.17) is 23.2 Å². The van der Waals surface area contributed by atoms with Crippen molar-refractivity contribution in [2.45, 2.75) is 19.7 Å². The number of imidazole rings is 1. The van der Waals surface area contributed by atoms with Gasteiger partial charge in [-0.15, -0.1) is 11.6 Å². The summed E-state index contributed by atoms with van der Waals surface area (Å²) < 4.78 is 2.09. The van der Waals surface area contributed by atoms with Crippen LogP contribution in [0.25, 0.3) is 16.7 Å². The van der Waals surface area contributed by atoms with E-state index in [1.165, 1.54) is 0 Å². The molecule has 3 rings (SSSR count). The average Bonchev–Trinajstić information content (AvgIpc) is 2.81. The lowest BCUT2D eigenvalue weighted by Gasteiger charge is -2.11. The Labute approximate surface area is 128 Å². The minimum absolute atomic E-state index is 0.361. The van der Waals surface area contributed by atoms with Crippen LogP contribution in [0.3, 0.4) is 0 Å². The van der Waals surface area contributed by atoms with Gasteiger partial charge in [0.05, 0.1) is 22.6 Å². The van der Waals surface area contributed by atoms with Gasteiger partial charge in [0.2, 0.25) is 0 Å². The molecule has 0 aliphatic carbocycles. The smallest absolute Gasteiger partial charge is 0.129 e. The summed E-state index contributed by atoms with van der Waals surface area (Å²) in [6.45, 7) is 4.12. The van der Waals surface area contributed by atoms with Gasteiger partial charge in [-0.2, -0.15) is 0 Å². The van der Waals surface area contributed by atoms with E-state index in [1.54, 1.807) is 0 Å². The van der Waals surface area contributed by atoms with Gasteiger partial charge in [0, 0.05) is 5.02 Å². The maximum absolute atomic E-state index is 6.14. The molecule has 0 saturated carbocycles. The molecule has 0 bridgehead atoms. The van der Waals surface area contributed by atoms with Crippen molar-refractivity contribution in [3.8, 4) is 5.69 Å². The molecule has 2 nitrogen and oxygen atoms in total. The fourth-order valence-electron chi connectivity index (χ4n) is 2.47. The fraction of sp³-hybridized carbons (Fsp3) is 0.188. The Balaban J connectivity index is 2.40.